The molecule has 5 nitrogen and oxygen atoms in total. The highest BCUT2D eigenvalue weighted by Gasteiger charge is 2.24. The highest BCUT2D eigenvalue weighted by atomic mass is 16.5. The standard InChI is InChI=1S/C27H38N2O3/c1-7-8-9-12-19(21-13-10-11-18(2)25(21)32-6)17-24(30)29-23-16-20(26(28)31)14-15-22(23)27(3,4)5/h10-11,13-16,19H,7-9,12,17H2,1-6H3,(H2,28,31)(H,29,30). The van der Waals surface area contributed by atoms with Crippen LogP contribution >= 0.6 is 0 Å². The second-order valence-electron chi connectivity index (χ2n) is 9.52. The molecule has 0 spiro atoms. The number of nitrogens with two attached hydrogens (primary N) is 1. The summed E-state index contributed by atoms with van der Waals surface area (Å²) in [6, 6.07) is 11.4. The van der Waals surface area contributed by atoms with Crippen molar-refractivity contribution in [3.05, 3.63) is 58.7 Å². The maximum Gasteiger partial charge on any atom is 0.248 e. The van der Waals surface area contributed by atoms with Crippen LogP contribution in [0.3, 0.4) is 0 Å². The number of unbranched alkanes of at least 4 members (excludes halogenated alkanes) is 2. The number of methoxy groups -OCH3 is 1. The summed E-state index contributed by atoms with van der Waals surface area (Å²) in [5.74, 6) is 0.312. The minimum absolute atomic E-state index is 0.0498. The van der Waals surface area contributed by atoms with Crippen molar-refractivity contribution < 1.29 is 14.3 Å². The third-order valence-electron chi connectivity index (χ3n) is 5.86. The lowest BCUT2D eigenvalue weighted by Crippen LogP contribution is -2.22. The minimum Gasteiger partial charge on any atom is -0.496 e. The molecule has 0 saturated carbocycles. The normalized spacial score (nSPS) is 12.3. The zero-order valence-corrected chi connectivity index (χ0v) is 20.4. The smallest absolute Gasteiger partial charge is 0.248 e. The quantitative estimate of drug-likeness (QED) is 0.440. The van der Waals surface area contributed by atoms with Crippen molar-refractivity contribution in [2.45, 2.75) is 78.1 Å². The molecule has 2 rings (SSSR count). The average Bonchev–Trinajstić information content (AvgIpc) is 2.72. The predicted molar refractivity (Wildman–Crippen MR) is 132 cm³/mol. The SMILES string of the molecule is CCCCCC(CC(=O)Nc1cc(C(N)=O)ccc1C(C)(C)C)c1cccc(C)c1OC. The third-order valence-corrected chi connectivity index (χ3v) is 5.86. The van der Waals surface area contributed by atoms with E-state index in [1.807, 2.05) is 25.1 Å². The van der Waals surface area contributed by atoms with Crippen molar-refractivity contribution in [3.8, 4) is 5.75 Å². The van der Waals surface area contributed by atoms with Crippen LogP contribution in [0, 0.1) is 6.92 Å². The molecule has 0 heterocycles. The van der Waals surface area contributed by atoms with Crippen LogP contribution in [0.4, 0.5) is 5.69 Å². The summed E-state index contributed by atoms with van der Waals surface area (Å²) in [6.45, 7) is 10.4. The first-order valence-corrected chi connectivity index (χ1v) is 11.5. The van der Waals surface area contributed by atoms with E-state index in [1.165, 1.54) is 0 Å². The Hall–Kier alpha value is -2.82. The molecule has 0 fully saturated rings. The fraction of sp³-hybridized carbons (Fsp3) is 0.481. The van der Waals surface area contributed by atoms with Crippen LogP contribution in [-0.4, -0.2) is 18.9 Å². The van der Waals surface area contributed by atoms with Gasteiger partial charge in [0.1, 0.15) is 5.75 Å². The van der Waals surface area contributed by atoms with Gasteiger partial charge in [-0.25, -0.2) is 0 Å². The van der Waals surface area contributed by atoms with Gasteiger partial charge in [-0.05, 0) is 53.5 Å². The molecule has 174 valence electrons. The van der Waals surface area contributed by atoms with Crippen molar-refractivity contribution in [1.82, 2.24) is 0 Å². The minimum atomic E-state index is -0.511. The van der Waals surface area contributed by atoms with Crippen LogP contribution in [0.25, 0.3) is 0 Å². The molecule has 5 heteroatoms. The van der Waals surface area contributed by atoms with Crippen LogP contribution in [-0.2, 0) is 10.2 Å². The molecule has 3 N–H and O–H groups in total. The molecule has 0 aromatic heterocycles. The van der Waals surface area contributed by atoms with Gasteiger partial charge in [0.15, 0.2) is 0 Å². The average molecular weight is 439 g/mol. The fourth-order valence-electron chi connectivity index (χ4n) is 4.16. The Balaban J connectivity index is 2.34. The van der Waals surface area contributed by atoms with E-state index >= 15 is 0 Å². The molecule has 1 unspecified atom stereocenters. The molecule has 0 saturated heterocycles. The van der Waals surface area contributed by atoms with E-state index in [0.717, 1.165) is 48.1 Å². The van der Waals surface area contributed by atoms with Gasteiger partial charge in [-0.2, -0.15) is 0 Å². The molecule has 0 aliphatic heterocycles. The number of hydrogen-bond donors (Lipinski definition) is 2. The molecular formula is C27H38N2O3. The molecule has 2 aromatic carbocycles. The first kappa shape index (κ1) is 25.4. The number of ether oxygens (including phenoxy) is 1. The lowest BCUT2D eigenvalue weighted by molar-refractivity contribution is -0.116. The number of primary amides is 1. The molecule has 2 aromatic rings. The van der Waals surface area contributed by atoms with Crippen LogP contribution < -0.4 is 15.8 Å². The summed E-state index contributed by atoms with van der Waals surface area (Å²) in [7, 11) is 1.68. The predicted octanol–water partition coefficient (Wildman–Crippen LogP) is 6.09. The first-order chi connectivity index (χ1) is 15.1. The molecule has 2 amide bonds. The maximum absolute atomic E-state index is 13.2. The topological polar surface area (TPSA) is 81.4 Å². The van der Waals surface area contributed by atoms with Gasteiger partial charge in [-0.15, -0.1) is 0 Å². The summed E-state index contributed by atoms with van der Waals surface area (Å²) in [5.41, 5.74) is 9.41. The van der Waals surface area contributed by atoms with Gasteiger partial charge < -0.3 is 15.8 Å². The van der Waals surface area contributed by atoms with E-state index in [4.69, 9.17) is 10.5 Å². The Morgan fingerprint density at radius 3 is 2.44 bits per heavy atom. The molecule has 0 aliphatic rings. The van der Waals surface area contributed by atoms with Crippen molar-refractivity contribution in [2.24, 2.45) is 5.73 Å². The number of nitrogens with one attached hydrogen (secondary N) is 1. The Bertz CT molecular complexity index is 944. The van der Waals surface area contributed by atoms with Gasteiger partial charge in [0.25, 0.3) is 0 Å². The number of amides is 2. The van der Waals surface area contributed by atoms with Gasteiger partial charge in [-0.3, -0.25) is 9.59 Å². The largest absolute Gasteiger partial charge is 0.496 e. The Morgan fingerprint density at radius 1 is 1.12 bits per heavy atom. The van der Waals surface area contributed by atoms with Gasteiger partial charge >= 0.3 is 0 Å². The molecule has 0 aliphatic carbocycles. The lowest BCUT2D eigenvalue weighted by Gasteiger charge is -2.25. The fourth-order valence-corrected chi connectivity index (χ4v) is 4.16. The number of aryl methyl sites for hydroxylation is 1. The number of benzene rings is 2. The van der Waals surface area contributed by atoms with Gasteiger partial charge in [0.05, 0.1) is 7.11 Å². The van der Waals surface area contributed by atoms with Gasteiger partial charge in [-0.1, -0.05) is 71.2 Å². The summed E-state index contributed by atoms with van der Waals surface area (Å²) < 4.78 is 5.69. The Kier molecular flexibility index (Phi) is 8.88. The van der Waals surface area contributed by atoms with E-state index in [9.17, 15) is 9.59 Å². The van der Waals surface area contributed by atoms with Crippen molar-refractivity contribution in [3.63, 3.8) is 0 Å². The Morgan fingerprint density at radius 2 is 1.84 bits per heavy atom. The number of hydrogen-bond acceptors (Lipinski definition) is 3. The van der Waals surface area contributed by atoms with Crippen molar-refractivity contribution in [1.29, 1.82) is 0 Å². The highest BCUT2D eigenvalue weighted by molar-refractivity contribution is 5.97. The number of anilines is 1. The maximum atomic E-state index is 13.2. The highest BCUT2D eigenvalue weighted by Crippen LogP contribution is 2.36. The summed E-state index contributed by atoms with van der Waals surface area (Å²) >= 11 is 0. The summed E-state index contributed by atoms with van der Waals surface area (Å²) in [6.07, 6.45) is 4.55. The van der Waals surface area contributed by atoms with E-state index in [1.54, 1.807) is 19.2 Å². The van der Waals surface area contributed by atoms with Crippen LogP contribution in [0.5, 0.6) is 5.75 Å². The first-order valence-electron chi connectivity index (χ1n) is 11.5. The van der Waals surface area contributed by atoms with E-state index in [2.05, 4.69) is 39.1 Å². The lowest BCUT2D eigenvalue weighted by atomic mass is 9.84. The zero-order chi connectivity index (χ0) is 23.9. The number of carbonyl (C=O) groups is 2. The zero-order valence-electron chi connectivity index (χ0n) is 20.4. The molecular weight excluding hydrogens is 400 g/mol. The van der Waals surface area contributed by atoms with Gasteiger partial charge in [0.2, 0.25) is 11.8 Å². The molecule has 32 heavy (non-hydrogen) atoms. The second kappa shape index (κ2) is 11.2. The van der Waals surface area contributed by atoms with E-state index < -0.39 is 5.91 Å². The Labute approximate surface area is 192 Å². The monoisotopic (exact) mass is 438 g/mol. The molecule has 0 bridgehead atoms. The summed E-state index contributed by atoms with van der Waals surface area (Å²) in [5, 5.41) is 3.07. The van der Waals surface area contributed by atoms with Crippen molar-refractivity contribution >= 4 is 17.5 Å². The van der Waals surface area contributed by atoms with Gasteiger partial charge in [0, 0.05) is 17.7 Å². The molecule has 1 atom stereocenters. The number of rotatable bonds is 10. The van der Waals surface area contributed by atoms with Crippen molar-refractivity contribution in [2.75, 3.05) is 12.4 Å². The third kappa shape index (κ3) is 6.59. The van der Waals surface area contributed by atoms with E-state index in [-0.39, 0.29) is 17.2 Å². The molecule has 0 radical (unpaired) electrons. The number of para-hydroxylation sites is 1. The summed E-state index contributed by atoms with van der Waals surface area (Å²) in [4.78, 5) is 24.9. The number of carbonyl (C=O) groups excluding carboxylic acids is 2. The van der Waals surface area contributed by atoms with E-state index in [0.29, 0.717) is 17.7 Å². The van der Waals surface area contributed by atoms with Crippen LogP contribution in [0.1, 0.15) is 92.8 Å². The van der Waals surface area contributed by atoms with Crippen LogP contribution in [0.2, 0.25) is 0 Å². The van der Waals surface area contributed by atoms with Crippen LogP contribution in [0.15, 0.2) is 36.4 Å². The second-order valence-corrected chi connectivity index (χ2v) is 9.52.